The number of pyridine rings is 1. The zero-order valence-corrected chi connectivity index (χ0v) is 12.2. The number of aryl methyl sites for hydroxylation is 1. The van der Waals surface area contributed by atoms with E-state index in [1.165, 1.54) is 0 Å². The van der Waals surface area contributed by atoms with E-state index in [2.05, 4.69) is 26.3 Å². The lowest BCUT2D eigenvalue weighted by atomic mass is 10.1. The van der Waals surface area contributed by atoms with Gasteiger partial charge in [-0.25, -0.2) is 9.97 Å². The van der Waals surface area contributed by atoms with Gasteiger partial charge in [0, 0.05) is 25.0 Å². The Kier molecular flexibility index (Phi) is 3.39. The van der Waals surface area contributed by atoms with Crippen LogP contribution in [-0.4, -0.2) is 29.1 Å². The van der Waals surface area contributed by atoms with Crippen LogP contribution in [0.1, 0.15) is 5.56 Å². The summed E-state index contributed by atoms with van der Waals surface area (Å²) in [5, 5.41) is 3.08. The quantitative estimate of drug-likeness (QED) is 0.799. The maximum absolute atomic E-state index is 5.30. The molecule has 0 spiro atoms. The maximum Gasteiger partial charge on any atom is 0.154 e. The number of methoxy groups -OCH3 is 1. The van der Waals surface area contributed by atoms with Gasteiger partial charge in [0.25, 0.3) is 0 Å². The SMILES string of the molecule is CNc1nc(-c2ccc(OC)c(C)c2)cc2nccnc12. The Morgan fingerprint density at radius 1 is 1.10 bits per heavy atom. The molecule has 3 aromatic rings. The van der Waals surface area contributed by atoms with Crippen LogP contribution in [0.3, 0.4) is 0 Å². The molecule has 0 aliphatic rings. The summed E-state index contributed by atoms with van der Waals surface area (Å²) in [5.41, 5.74) is 4.55. The molecule has 2 heterocycles. The van der Waals surface area contributed by atoms with Gasteiger partial charge in [-0.15, -0.1) is 0 Å². The van der Waals surface area contributed by atoms with E-state index in [0.29, 0.717) is 0 Å². The number of hydrogen-bond donors (Lipinski definition) is 1. The van der Waals surface area contributed by atoms with Crippen LogP contribution in [-0.2, 0) is 0 Å². The van der Waals surface area contributed by atoms with Gasteiger partial charge >= 0.3 is 0 Å². The van der Waals surface area contributed by atoms with Crippen molar-refractivity contribution in [3.63, 3.8) is 0 Å². The minimum absolute atomic E-state index is 0.726. The Morgan fingerprint density at radius 2 is 1.90 bits per heavy atom. The van der Waals surface area contributed by atoms with Crippen LogP contribution in [0.2, 0.25) is 0 Å². The standard InChI is InChI=1S/C16H16N4O/c1-10-8-11(4-5-14(10)21-3)12-9-13-15(16(17-2)20-12)19-7-6-18-13/h4-9H,1-3H3,(H,17,20). The average Bonchev–Trinajstić information content (AvgIpc) is 2.53. The third kappa shape index (κ3) is 2.38. The molecular formula is C16H16N4O. The largest absolute Gasteiger partial charge is 0.496 e. The summed E-state index contributed by atoms with van der Waals surface area (Å²) >= 11 is 0. The summed E-state index contributed by atoms with van der Waals surface area (Å²) in [6, 6.07) is 7.95. The molecule has 0 aliphatic carbocycles. The van der Waals surface area contributed by atoms with Crippen molar-refractivity contribution in [3.05, 3.63) is 42.2 Å². The predicted octanol–water partition coefficient (Wildman–Crippen LogP) is 3.05. The van der Waals surface area contributed by atoms with Crippen molar-refractivity contribution in [2.75, 3.05) is 19.5 Å². The lowest BCUT2D eigenvalue weighted by Crippen LogP contribution is -1.98. The normalized spacial score (nSPS) is 10.6. The highest BCUT2D eigenvalue weighted by molar-refractivity contribution is 5.88. The second-order valence-corrected chi connectivity index (χ2v) is 4.71. The second-order valence-electron chi connectivity index (χ2n) is 4.71. The maximum atomic E-state index is 5.30. The van der Waals surface area contributed by atoms with Gasteiger partial charge in [-0.2, -0.15) is 0 Å². The molecule has 5 nitrogen and oxygen atoms in total. The molecule has 0 saturated carbocycles. The van der Waals surface area contributed by atoms with E-state index in [4.69, 9.17) is 4.74 Å². The highest BCUT2D eigenvalue weighted by Gasteiger charge is 2.09. The molecule has 0 amide bonds. The molecule has 21 heavy (non-hydrogen) atoms. The molecular weight excluding hydrogens is 264 g/mol. The van der Waals surface area contributed by atoms with Gasteiger partial charge in [-0.1, -0.05) is 0 Å². The smallest absolute Gasteiger partial charge is 0.154 e. The summed E-state index contributed by atoms with van der Waals surface area (Å²) in [7, 11) is 3.50. The van der Waals surface area contributed by atoms with Crippen molar-refractivity contribution in [2.45, 2.75) is 6.92 Å². The second kappa shape index (κ2) is 5.36. The molecule has 1 N–H and O–H groups in total. The number of fused-ring (bicyclic) bond motifs is 1. The summed E-state index contributed by atoms with van der Waals surface area (Å²) in [5.74, 6) is 1.59. The molecule has 0 fully saturated rings. The number of anilines is 1. The zero-order chi connectivity index (χ0) is 14.8. The van der Waals surface area contributed by atoms with Crippen molar-refractivity contribution in [3.8, 4) is 17.0 Å². The molecule has 1 aromatic carbocycles. The first kappa shape index (κ1) is 13.3. The monoisotopic (exact) mass is 280 g/mol. The molecule has 0 bridgehead atoms. The van der Waals surface area contributed by atoms with Gasteiger partial charge in [0.15, 0.2) is 5.82 Å². The molecule has 0 unspecified atom stereocenters. The van der Waals surface area contributed by atoms with Crippen LogP contribution in [0.15, 0.2) is 36.7 Å². The Hall–Kier alpha value is -2.69. The van der Waals surface area contributed by atoms with Crippen molar-refractivity contribution in [1.29, 1.82) is 0 Å². The topological polar surface area (TPSA) is 59.9 Å². The number of aromatic nitrogens is 3. The average molecular weight is 280 g/mol. The van der Waals surface area contributed by atoms with Gasteiger partial charge in [0.1, 0.15) is 11.3 Å². The van der Waals surface area contributed by atoms with E-state index in [-0.39, 0.29) is 0 Å². The van der Waals surface area contributed by atoms with Crippen molar-refractivity contribution in [2.24, 2.45) is 0 Å². The van der Waals surface area contributed by atoms with Gasteiger partial charge in [-0.05, 0) is 36.8 Å². The fraction of sp³-hybridized carbons (Fsp3) is 0.188. The van der Waals surface area contributed by atoms with E-state index in [1.807, 2.05) is 32.2 Å². The number of benzene rings is 1. The van der Waals surface area contributed by atoms with E-state index in [1.54, 1.807) is 19.5 Å². The fourth-order valence-electron chi connectivity index (χ4n) is 2.33. The lowest BCUT2D eigenvalue weighted by Gasteiger charge is -2.10. The van der Waals surface area contributed by atoms with Crippen LogP contribution in [0.5, 0.6) is 5.75 Å². The van der Waals surface area contributed by atoms with E-state index < -0.39 is 0 Å². The van der Waals surface area contributed by atoms with Crippen LogP contribution in [0, 0.1) is 6.92 Å². The van der Waals surface area contributed by atoms with E-state index >= 15 is 0 Å². The number of nitrogens with zero attached hydrogens (tertiary/aromatic N) is 3. The Balaban J connectivity index is 2.18. The van der Waals surface area contributed by atoms with Gasteiger partial charge in [0.2, 0.25) is 0 Å². The Bertz CT molecular complexity index is 801. The first-order valence-corrected chi connectivity index (χ1v) is 6.67. The number of nitrogens with one attached hydrogen (secondary N) is 1. The van der Waals surface area contributed by atoms with Gasteiger partial charge < -0.3 is 10.1 Å². The Morgan fingerprint density at radius 3 is 2.62 bits per heavy atom. The third-order valence-electron chi connectivity index (χ3n) is 3.38. The van der Waals surface area contributed by atoms with Gasteiger partial charge in [-0.3, -0.25) is 4.98 Å². The molecule has 0 atom stereocenters. The molecule has 5 heteroatoms. The van der Waals surface area contributed by atoms with Crippen molar-refractivity contribution in [1.82, 2.24) is 15.0 Å². The summed E-state index contributed by atoms with van der Waals surface area (Å²) in [6.07, 6.45) is 3.35. The third-order valence-corrected chi connectivity index (χ3v) is 3.38. The lowest BCUT2D eigenvalue weighted by molar-refractivity contribution is 0.412. The minimum Gasteiger partial charge on any atom is -0.496 e. The number of rotatable bonds is 3. The van der Waals surface area contributed by atoms with E-state index in [0.717, 1.165) is 39.4 Å². The molecule has 3 rings (SSSR count). The molecule has 2 aromatic heterocycles. The van der Waals surface area contributed by atoms with E-state index in [9.17, 15) is 0 Å². The summed E-state index contributed by atoms with van der Waals surface area (Å²) in [6.45, 7) is 2.02. The van der Waals surface area contributed by atoms with Crippen molar-refractivity contribution < 1.29 is 4.74 Å². The summed E-state index contributed by atoms with van der Waals surface area (Å²) < 4.78 is 5.30. The van der Waals surface area contributed by atoms with Crippen molar-refractivity contribution >= 4 is 16.9 Å². The van der Waals surface area contributed by atoms with Crippen LogP contribution in [0.25, 0.3) is 22.3 Å². The number of ether oxygens (including phenoxy) is 1. The molecule has 106 valence electrons. The highest BCUT2D eigenvalue weighted by Crippen LogP contribution is 2.28. The first-order valence-electron chi connectivity index (χ1n) is 6.67. The van der Waals surface area contributed by atoms with Crippen LogP contribution in [0.4, 0.5) is 5.82 Å². The van der Waals surface area contributed by atoms with Crippen LogP contribution < -0.4 is 10.1 Å². The fourth-order valence-corrected chi connectivity index (χ4v) is 2.33. The first-order chi connectivity index (χ1) is 10.2. The predicted molar refractivity (Wildman–Crippen MR) is 83.6 cm³/mol. The molecule has 0 aliphatic heterocycles. The molecule has 0 saturated heterocycles. The molecule has 0 radical (unpaired) electrons. The minimum atomic E-state index is 0.726. The Labute approximate surface area is 123 Å². The highest BCUT2D eigenvalue weighted by atomic mass is 16.5. The van der Waals surface area contributed by atoms with Crippen LogP contribution >= 0.6 is 0 Å². The summed E-state index contributed by atoms with van der Waals surface area (Å²) in [4.78, 5) is 13.3. The van der Waals surface area contributed by atoms with Gasteiger partial charge in [0.05, 0.1) is 18.3 Å². The zero-order valence-electron chi connectivity index (χ0n) is 12.2. The number of hydrogen-bond acceptors (Lipinski definition) is 5.